The topological polar surface area (TPSA) is 106 Å². The second-order valence-electron chi connectivity index (χ2n) is 9.08. The van der Waals surface area contributed by atoms with E-state index in [1.165, 1.54) is 11.1 Å². The minimum atomic E-state index is -0.933. The fourth-order valence-electron chi connectivity index (χ4n) is 3.95. The molecule has 1 N–H and O–H groups in total. The summed E-state index contributed by atoms with van der Waals surface area (Å²) in [7, 11) is 0. The van der Waals surface area contributed by atoms with E-state index in [2.05, 4.69) is 29.0 Å². The number of pyridine rings is 1. The van der Waals surface area contributed by atoms with Crippen molar-refractivity contribution in [2.24, 2.45) is 0 Å². The van der Waals surface area contributed by atoms with Crippen molar-refractivity contribution in [1.82, 2.24) is 15.2 Å². The van der Waals surface area contributed by atoms with Gasteiger partial charge in [0.1, 0.15) is 0 Å². The number of rotatable bonds is 7. The Labute approximate surface area is 204 Å². The van der Waals surface area contributed by atoms with Gasteiger partial charge in [-0.1, -0.05) is 38.1 Å². The van der Waals surface area contributed by atoms with Gasteiger partial charge < -0.3 is 9.84 Å². The van der Waals surface area contributed by atoms with Crippen LogP contribution in [0.3, 0.4) is 0 Å². The van der Waals surface area contributed by atoms with Crippen LogP contribution >= 0.6 is 0 Å². The maximum atomic E-state index is 13.6. The van der Waals surface area contributed by atoms with Crippen LogP contribution in [0.5, 0.6) is 5.88 Å². The third-order valence-corrected chi connectivity index (χ3v) is 5.75. The first-order valence-electron chi connectivity index (χ1n) is 11.5. The van der Waals surface area contributed by atoms with Crippen LogP contribution in [-0.4, -0.2) is 38.1 Å². The number of amides is 1. The number of nitrogens with zero attached hydrogens (tertiary/aromatic N) is 4. The number of aliphatic hydroxyl groups is 1. The van der Waals surface area contributed by atoms with Crippen LogP contribution in [0.15, 0.2) is 66.1 Å². The Morgan fingerprint density at radius 1 is 1.00 bits per heavy atom. The second kappa shape index (κ2) is 9.66. The highest BCUT2D eigenvalue weighted by Gasteiger charge is 2.45. The molecule has 8 heteroatoms. The van der Waals surface area contributed by atoms with Crippen LogP contribution in [-0.2, 0) is 4.79 Å². The summed E-state index contributed by atoms with van der Waals surface area (Å²) in [6.07, 6.45) is 1.48. The largest absolute Gasteiger partial charge is 0.503 e. The van der Waals surface area contributed by atoms with E-state index in [0.717, 1.165) is 5.56 Å². The van der Waals surface area contributed by atoms with Gasteiger partial charge in [0, 0.05) is 17.8 Å². The van der Waals surface area contributed by atoms with Gasteiger partial charge in [0.15, 0.2) is 17.4 Å². The normalized spacial score (nSPS) is 15.9. The Morgan fingerprint density at radius 3 is 2.26 bits per heavy atom. The summed E-state index contributed by atoms with van der Waals surface area (Å²) in [6, 6.07) is 13.0. The van der Waals surface area contributed by atoms with Crippen molar-refractivity contribution in [3.8, 4) is 5.88 Å². The van der Waals surface area contributed by atoms with E-state index in [1.54, 1.807) is 43.3 Å². The minimum absolute atomic E-state index is 0.0333. The molecule has 4 rings (SSSR count). The summed E-state index contributed by atoms with van der Waals surface area (Å²) in [6.45, 7) is 9.70. The summed E-state index contributed by atoms with van der Waals surface area (Å²) < 4.78 is 5.63. The Hall–Kier alpha value is -4.07. The average molecular weight is 473 g/mol. The Balaban J connectivity index is 1.80. The average Bonchev–Trinajstić information content (AvgIpc) is 3.10. The molecular weight excluding hydrogens is 444 g/mol. The molecule has 0 bridgehead atoms. The van der Waals surface area contributed by atoms with E-state index in [0.29, 0.717) is 28.6 Å². The summed E-state index contributed by atoms with van der Waals surface area (Å²) in [5.41, 5.74) is 2.63. The molecule has 1 aliphatic heterocycles. The number of benzene rings is 1. The van der Waals surface area contributed by atoms with Gasteiger partial charge in [-0.15, -0.1) is 5.10 Å². The van der Waals surface area contributed by atoms with Crippen molar-refractivity contribution >= 4 is 17.5 Å². The Kier molecular flexibility index (Phi) is 6.64. The van der Waals surface area contributed by atoms with Gasteiger partial charge in [-0.05, 0) is 56.0 Å². The molecule has 1 atom stereocenters. The number of aliphatic hydroxyl groups excluding tert-OH is 1. The van der Waals surface area contributed by atoms with E-state index in [4.69, 9.17) is 4.74 Å². The van der Waals surface area contributed by atoms with Crippen LogP contribution in [0.25, 0.3) is 0 Å². The van der Waals surface area contributed by atoms with Crippen LogP contribution < -0.4 is 9.64 Å². The molecule has 3 heterocycles. The minimum Gasteiger partial charge on any atom is -0.503 e. The summed E-state index contributed by atoms with van der Waals surface area (Å²) >= 11 is 0. The number of aryl methyl sites for hydroxylation is 1. The summed E-state index contributed by atoms with van der Waals surface area (Å²) in [5.74, 6) is -0.838. The highest BCUT2D eigenvalue weighted by Crippen LogP contribution is 2.41. The van der Waals surface area contributed by atoms with E-state index >= 15 is 0 Å². The van der Waals surface area contributed by atoms with Gasteiger partial charge >= 0.3 is 0 Å². The quantitative estimate of drug-likeness (QED) is 0.489. The molecular formula is C27H28N4O4. The SMILES string of the molecule is Cc1ccc(N2C(=O)C(O)=C(C(=O)c3ccc(C(C)C)cc3)C2c2ccc(OC(C)C)nc2)nn1. The number of Topliss-reactive ketones (excluding diaryl/α,β-unsaturated/α-hetero) is 1. The summed E-state index contributed by atoms with van der Waals surface area (Å²) in [5, 5.41) is 19.1. The number of hydrogen-bond acceptors (Lipinski definition) is 7. The molecule has 2 aromatic heterocycles. The van der Waals surface area contributed by atoms with Crippen LogP contribution in [0.2, 0.25) is 0 Å². The van der Waals surface area contributed by atoms with Gasteiger partial charge in [-0.3, -0.25) is 14.5 Å². The standard InChI is InChI=1S/C27H28N4O4/c1-15(2)18-7-9-19(10-8-18)25(32)23-24(20-11-13-22(28-14-20)35-16(3)4)31(27(34)26(23)33)21-12-6-17(5)29-30-21/h6-16,24,33H,1-5H3. The molecule has 0 spiro atoms. The van der Waals surface area contributed by atoms with Crippen molar-refractivity contribution in [2.75, 3.05) is 4.90 Å². The van der Waals surface area contributed by atoms with E-state index in [1.807, 2.05) is 26.0 Å². The molecule has 1 unspecified atom stereocenters. The highest BCUT2D eigenvalue weighted by atomic mass is 16.5. The number of ether oxygens (including phenoxy) is 1. The first kappa shape index (κ1) is 24.1. The summed E-state index contributed by atoms with van der Waals surface area (Å²) in [4.78, 5) is 32.5. The van der Waals surface area contributed by atoms with Crippen molar-refractivity contribution in [3.63, 3.8) is 0 Å². The number of aromatic nitrogens is 3. The lowest BCUT2D eigenvalue weighted by Crippen LogP contribution is -2.32. The van der Waals surface area contributed by atoms with Crippen molar-refractivity contribution < 1.29 is 19.4 Å². The Morgan fingerprint density at radius 2 is 1.71 bits per heavy atom. The molecule has 0 radical (unpaired) electrons. The number of carbonyl (C=O) groups is 2. The third-order valence-electron chi connectivity index (χ3n) is 5.75. The lowest BCUT2D eigenvalue weighted by atomic mass is 9.92. The number of ketones is 1. The molecule has 3 aromatic rings. The molecule has 180 valence electrons. The van der Waals surface area contributed by atoms with Crippen molar-refractivity contribution in [1.29, 1.82) is 0 Å². The zero-order valence-corrected chi connectivity index (χ0v) is 20.4. The third kappa shape index (κ3) is 4.77. The van der Waals surface area contributed by atoms with Crippen molar-refractivity contribution in [2.45, 2.75) is 52.7 Å². The first-order chi connectivity index (χ1) is 16.7. The monoisotopic (exact) mass is 472 g/mol. The number of anilines is 1. The predicted octanol–water partition coefficient (Wildman–Crippen LogP) is 4.87. The second-order valence-corrected chi connectivity index (χ2v) is 9.08. The molecule has 35 heavy (non-hydrogen) atoms. The molecule has 1 aliphatic rings. The molecule has 0 saturated carbocycles. The fraction of sp³-hybridized carbons (Fsp3) is 0.296. The smallest absolute Gasteiger partial charge is 0.295 e. The molecule has 1 aromatic carbocycles. The van der Waals surface area contributed by atoms with Gasteiger partial charge in [-0.25, -0.2) is 4.98 Å². The van der Waals surface area contributed by atoms with E-state index < -0.39 is 23.5 Å². The van der Waals surface area contributed by atoms with Gasteiger partial charge in [0.25, 0.3) is 5.91 Å². The van der Waals surface area contributed by atoms with Gasteiger partial charge in [0.05, 0.1) is 23.4 Å². The maximum absolute atomic E-state index is 13.6. The zero-order chi connectivity index (χ0) is 25.3. The molecule has 0 aliphatic carbocycles. The predicted molar refractivity (Wildman–Crippen MR) is 132 cm³/mol. The zero-order valence-electron chi connectivity index (χ0n) is 20.4. The lowest BCUT2D eigenvalue weighted by molar-refractivity contribution is -0.117. The maximum Gasteiger partial charge on any atom is 0.295 e. The van der Waals surface area contributed by atoms with Crippen molar-refractivity contribution in [3.05, 3.63) is 88.4 Å². The lowest BCUT2D eigenvalue weighted by Gasteiger charge is -2.25. The first-order valence-corrected chi connectivity index (χ1v) is 11.5. The van der Waals surface area contributed by atoms with Gasteiger partial charge in [-0.2, -0.15) is 5.10 Å². The molecule has 1 amide bonds. The van der Waals surface area contributed by atoms with E-state index in [9.17, 15) is 14.7 Å². The highest BCUT2D eigenvalue weighted by molar-refractivity contribution is 6.20. The van der Waals surface area contributed by atoms with Crippen LogP contribution in [0, 0.1) is 6.92 Å². The molecule has 0 fully saturated rings. The Bertz CT molecular complexity index is 1260. The van der Waals surface area contributed by atoms with Crippen LogP contribution in [0.1, 0.15) is 66.8 Å². The number of hydrogen-bond donors (Lipinski definition) is 1. The van der Waals surface area contributed by atoms with Gasteiger partial charge in [0.2, 0.25) is 5.88 Å². The fourth-order valence-corrected chi connectivity index (χ4v) is 3.95. The molecule has 8 nitrogen and oxygen atoms in total. The van der Waals surface area contributed by atoms with Crippen LogP contribution in [0.4, 0.5) is 5.82 Å². The van der Waals surface area contributed by atoms with E-state index in [-0.39, 0.29) is 17.5 Å². The number of carbonyl (C=O) groups excluding carboxylic acids is 2. The molecule has 0 saturated heterocycles.